The van der Waals surface area contributed by atoms with Crippen LogP contribution in [0.4, 0.5) is 0 Å². The van der Waals surface area contributed by atoms with Crippen molar-refractivity contribution in [2.45, 2.75) is 39.8 Å². The third-order valence-electron chi connectivity index (χ3n) is 3.11. The van der Waals surface area contributed by atoms with Crippen molar-refractivity contribution in [3.05, 3.63) is 17.3 Å². The van der Waals surface area contributed by atoms with E-state index in [9.17, 15) is 0 Å². The summed E-state index contributed by atoms with van der Waals surface area (Å²) in [4.78, 5) is 6.84. The van der Waals surface area contributed by atoms with E-state index in [4.69, 9.17) is 4.42 Å². The van der Waals surface area contributed by atoms with Crippen molar-refractivity contribution in [3.8, 4) is 0 Å². The highest BCUT2D eigenvalue weighted by molar-refractivity contribution is 5.05. The Morgan fingerprint density at radius 3 is 3.00 bits per heavy atom. The molecule has 16 heavy (non-hydrogen) atoms. The molecule has 1 atom stereocenters. The zero-order valence-corrected chi connectivity index (χ0v) is 10.4. The molecule has 1 unspecified atom stereocenters. The van der Waals surface area contributed by atoms with Crippen molar-refractivity contribution >= 4 is 0 Å². The largest absolute Gasteiger partial charge is 0.444 e. The van der Waals surface area contributed by atoms with Gasteiger partial charge in [0.15, 0.2) is 0 Å². The summed E-state index contributed by atoms with van der Waals surface area (Å²) in [5.41, 5.74) is 1.01. The van der Waals surface area contributed by atoms with Crippen LogP contribution in [0.3, 0.4) is 0 Å². The molecule has 4 nitrogen and oxygen atoms in total. The normalized spacial score (nSPS) is 23.3. The SMILES string of the molecule is Cc1nc(CN2CCCNC(C)C2)oc1C. The maximum Gasteiger partial charge on any atom is 0.208 e. The van der Waals surface area contributed by atoms with Crippen LogP contribution in [0, 0.1) is 13.8 Å². The van der Waals surface area contributed by atoms with E-state index in [0.29, 0.717) is 6.04 Å². The van der Waals surface area contributed by atoms with Crippen molar-refractivity contribution < 1.29 is 4.42 Å². The molecule has 1 aliphatic heterocycles. The quantitative estimate of drug-likeness (QED) is 0.824. The zero-order valence-electron chi connectivity index (χ0n) is 10.4. The Bertz CT molecular complexity index is 329. The Morgan fingerprint density at radius 1 is 1.50 bits per heavy atom. The zero-order chi connectivity index (χ0) is 11.5. The number of hydrogen-bond acceptors (Lipinski definition) is 4. The number of nitrogens with one attached hydrogen (secondary N) is 1. The van der Waals surface area contributed by atoms with Crippen LogP contribution in [0.15, 0.2) is 4.42 Å². The Kier molecular flexibility index (Phi) is 3.61. The molecule has 4 heteroatoms. The monoisotopic (exact) mass is 223 g/mol. The molecule has 0 amide bonds. The molecular weight excluding hydrogens is 202 g/mol. The highest BCUT2D eigenvalue weighted by Gasteiger charge is 2.16. The Morgan fingerprint density at radius 2 is 2.31 bits per heavy atom. The minimum Gasteiger partial charge on any atom is -0.444 e. The Balaban J connectivity index is 1.97. The molecule has 1 saturated heterocycles. The van der Waals surface area contributed by atoms with E-state index in [1.165, 1.54) is 6.42 Å². The van der Waals surface area contributed by atoms with Gasteiger partial charge >= 0.3 is 0 Å². The first-order valence-electron chi connectivity index (χ1n) is 6.04. The van der Waals surface area contributed by atoms with Gasteiger partial charge in [-0.25, -0.2) is 4.98 Å². The average molecular weight is 223 g/mol. The molecule has 0 spiro atoms. The summed E-state index contributed by atoms with van der Waals surface area (Å²) in [6, 6.07) is 0.555. The van der Waals surface area contributed by atoms with E-state index in [1.807, 2.05) is 13.8 Å². The predicted octanol–water partition coefficient (Wildman–Crippen LogP) is 1.48. The number of aromatic nitrogens is 1. The van der Waals surface area contributed by atoms with E-state index in [-0.39, 0.29) is 0 Å². The molecule has 0 radical (unpaired) electrons. The Labute approximate surface area is 97.0 Å². The van der Waals surface area contributed by atoms with E-state index >= 15 is 0 Å². The maximum absolute atomic E-state index is 5.62. The lowest BCUT2D eigenvalue weighted by atomic mass is 10.3. The van der Waals surface area contributed by atoms with E-state index in [0.717, 1.165) is 43.5 Å². The minimum atomic E-state index is 0.555. The predicted molar refractivity (Wildman–Crippen MR) is 63.3 cm³/mol. The third kappa shape index (κ3) is 2.83. The number of hydrogen-bond donors (Lipinski definition) is 1. The van der Waals surface area contributed by atoms with Gasteiger partial charge in [-0.15, -0.1) is 0 Å². The van der Waals surface area contributed by atoms with Gasteiger partial charge in [-0.2, -0.15) is 0 Å². The Hall–Kier alpha value is -0.870. The van der Waals surface area contributed by atoms with E-state index in [1.54, 1.807) is 0 Å². The molecular formula is C12H21N3O. The lowest BCUT2D eigenvalue weighted by molar-refractivity contribution is 0.237. The maximum atomic E-state index is 5.62. The second-order valence-electron chi connectivity index (χ2n) is 4.69. The van der Waals surface area contributed by atoms with Crippen molar-refractivity contribution in [3.63, 3.8) is 0 Å². The third-order valence-corrected chi connectivity index (χ3v) is 3.11. The molecule has 0 aromatic carbocycles. The van der Waals surface area contributed by atoms with Crippen molar-refractivity contribution in [2.75, 3.05) is 19.6 Å². The van der Waals surface area contributed by atoms with Gasteiger partial charge in [-0.05, 0) is 40.3 Å². The molecule has 0 bridgehead atoms. The van der Waals surface area contributed by atoms with E-state index in [2.05, 4.69) is 22.1 Å². The van der Waals surface area contributed by atoms with Gasteiger partial charge in [-0.3, -0.25) is 4.90 Å². The number of aryl methyl sites for hydroxylation is 2. The molecule has 2 rings (SSSR count). The van der Waals surface area contributed by atoms with Gasteiger partial charge in [0.05, 0.1) is 12.2 Å². The van der Waals surface area contributed by atoms with Crippen LogP contribution >= 0.6 is 0 Å². The van der Waals surface area contributed by atoms with Gasteiger partial charge in [0.1, 0.15) is 5.76 Å². The average Bonchev–Trinajstić information content (AvgIpc) is 2.43. The lowest BCUT2D eigenvalue weighted by Crippen LogP contribution is -2.35. The molecule has 0 saturated carbocycles. The summed E-state index contributed by atoms with van der Waals surface area (Å²) in [6.07, 6.45) is 1.20. The summed E-state index contributed by atoms with van der Waals surface area (Å²) in [6.45, 7) is 10.3. The summed E-state index contributed by atoms with van der Waals surface area (Å²) in [7, 11) is 0. The van der Waals surface area contributed by atoms with Crippen LogP contribution in [0.5, 0.6) is 0 Å². The van der Waals surface area contributed by atoms with Crippen LogP contribution < -0.4 is 5.32 Å². The molecule has 0 aliphatic carbocycles. The summed E-state index contributed by atoms with van der Waals surface area (Å²) in [5.74, 6) is 1.79. The fourth-order valence-corrected chi connectivity index (χ4v) is 2.14. The van der Waals surface area contributed by atoms with Crippen LogP contribution in [0.2, 0.25) is 0 Å². The molecule has 1 aromatic rings. The molecule has 1 fully saturated rings. The highest BCUT2D eigenvalue weighted by atomic mass is 16.4. The van der Waals surface area contributed by atoms with Gasteiger partial charge in [0, 0.05) is 12.6 Å². The lowest BCUT2D eigenvalue weighted by Gasteiger charge is -2.20. The number of nitrogens with zero attached hydrogens (tertiary/aromatic N) is 2. The summed E-state index contributed by atoms with van der Waals surface area (Å²) < 4.78 is 5.62. The first-order chi connectivity index (χ1) is 7.65. The van der Waals surface area contributed by atoms with Crippen LogP contribution in [0.1, 0.15) is 30.7 Å². The fourth-order valence-electron chi connectivity index (χ4n) is 2.14. The number of rotatable bonds is 2. The second-order valence-corrected chi connectivity index (χ2v) is 4.69. The molecule has 1 aliphatic rings. The second kappa shape index (κ2) is 4.97. The topological polar surface area (TPSA) is 41.3 Å². The first-order valence-corrected chi connectivity index (χ1v) is 6.04. The first kappa shape index (κ1) is 11.6. The van der Waals surface area contributed by atoms with Gasteiger partial charge in [-0.1, -0.05) is 0 Å². The summed E-state index contributed by atoms with van der Waals surface area (Å²) >= 11 is 0. The highest BCUT2D eigenvalue weighted by Crippen LogP contribution is 2.12. The van der Waals surface area contributed by atoms with Crippen LogP contribution in [-0.4, -0.2) is 35.6 Å². The van der Waals surface area contributed by atoms with Crippen molar-refractivity contribution in [1.82, 2.24) is 15.2 Å². The standard InChI is InChI=1S/C12H21N3O/c1-9-7-15(6-4-5-13-9)8-12-14-10(2)11(3)16-12/h9,13H,4-8H2,1-3H3. The minimum absolute atomic E-state index is 0.555. The molecule has 1 aromatic heterocycles. The van der Waals surface area contributed by atoms with Gasteiger partial charge < -0.3 is 9.73 Å². The fraction of sp³-hybridized carbons (Fsp3) is 0.750. The molecule has 1 N–H and O–H groups in total. The smallest absolute Gasteiger partial charge is 0.208 e. The van der Waals surface area contributed by atoms with E-state index < -0.39 is 0 Å². The van der Waals surface area contributed by atoms with Crippen molar-refractivity contribution in [1.29, 1.82) is 0 Å². The van der Waals surface area contributed by atoms with Gasteiger partial charge in [0.25, 0.3) is 0 Å². The van der Waals surface area contributed by atoms with Crippen LogP contribution in [-0.2, 0) is 6.54 Å². The molecule has 2 heterocycles. The molecule has 90 valence electrons. The van der Waals surface area contributed by atoms with Crippen molar-refractivity contribution in [2.24, 2.45) is 0 Å². The number of oxazole rings is 1. The van der Waals surface area contributed by atoms with Crippen LogP contribution in [0.25, 0.3) is 0 Å². The van der Waals surface area contributed by atoms with Gasteiger partial charge in [0.2, 0.25) is 5.89 Å². The summed E-state index contributed by atoms with van der Waals surface area (Å²) in [5, 5.41) is 3.48.